The van der Waals surface area contributed by atoms with E-state index in [1.807, 2.05) is 6.08 Å². The van der Waals surface area contributed by atoms with Gasteiger partial charge in [-0.3, -0.25) is 4.79 Å². The molecule has 4 aliphatic carbocycles. The van der Waals surface area contributed by atoms with Crippen molar-refractivity contribution in [3.63, 3.8) is 0 Å². The van der Waals surface area contributed by atoms with E-state index in [1.165, 1.54) is 24.8 Å². The average Bonchev–Trinajstić information content (AvgIpc) is 2.76. The number of hydrogen-bond acceptors (Lipinski definition) is 3. The Bertz CT molecular complexity index is 513. The van der Waals surface area contributed by atoms with Gasteiger partial charge < -0.3 is 5.11 Å². The highest BCUT2D eigenvalue weighted by molar-refractivity contribution is 7.82. The Morgan fingerprint density at radius 3 is 2.76 bits per heavy atom. The molecule has 0 radical (unpaired) electrons. The number of aliphatic hydroxyl groups excluding tert-OH is 1. The fourth-order valence-electron chi connectivity index (χ4n) is 6.16. The first-order valence-corrected chi connectivity index (χ1v) is 9.04. The largest absolute Gasteiger partial charge is 0.393 e. The lowest BCUT2D eigenvalue weighted by Crippen LogP contribution is -2.53. The minimum Gasteiger partial charge on any atom is -0.393 e. The number of aliphatic hydroxyl groups is 1. The molecule has 0 bridgehead atoms. The monoisotopic (exact) mass is 306 g/mol. The minimum atomic E-state index is -0.107. The molecule has 0 aromatic heterocycles. The number of carbonyl (C=O) groups is 1. The summed E-state index contributed by atoms with van der Waals surface area (Å²) in [6, 6.07) is 0. The van der Waals surface area contributed by atoms with E-state index < -0.39 is 0 Å². The molecule has 6 atom stereocenters. The van der Waals surface area contributed by atoms with Crippen molar-refractivity contribution in [2.75, 3.05) is 0 Å². The number of rotatable bonds is 0. The maximum absolute atomic E-state index is 11.8. The van der Waals surface area contributed by atoms with Crippen LogP contribution >= 0.6 is 12.6 Å². The number of hydrogen-bond donors (Lipinski definition) is 2. The number of ketones is 1. The van der Waals surface area contributed by atoms with Crippen molar-refractivity contribution in [3.8, 4) is 0 Å². The lowest BCUT2D eigenvalue weighted by Gasteiger charge is -2.57. The lowest BCUT2D eigenvalue weighted by atomic mass is 9.52. The minimum absolute atomic E-state index is 0.0360. The van der Waals surface area contributed by atoms with Gasteiger partial charge in [-0.05, 0) is 74.2 Å². The molecule has 3 heteroatoms. The van der Waals surface area contributed by atoms with Crippen LogP contribution < -0.4 is 0 Å². The fourth-order valence-corrected chi connectivity index (χ4v) is 6.76. The van der Waals surface area contributed by atoms with Gasteiger partial charge in [0, 0.05) is 11.2 Å². The molecular weight excluding hydrogens is 280 g/mol. The van der Waals surface area contributed by atoms with Gasteiger partial charge in [0.2, 0.25) is 0 Å². The molecule has 0 amide bonds. The van der Waals surface area contributed by atoms with Crippen LogP contribution in [0.2, 0.25) is 0 Å². The third-order valence-electron chi connectivity index (χ3n) is 7.39. The van der Waals surface area contributed by atoms with Crippen molar-refractivity contribution in [1.82, 2.24) is 0 Å². The molecule has 116 valence electrons. The van der Waals surface area contributed by atoms with Gasteiger partial charge in [-0.1, -0.05) is 12.5 Å². The Morgan fingerprint density at radius 2 is 1.95 bits per heavy atom. The molecule has 1 N–H and O–H groups in total. The number of fused-ring (bicyclic) bond motifs is 5. The van der Waals surface area contributed by atoms with Crippen LogP contribution in [0.15, 0.2) is 11.6 Å². The van der Waals surface area contributed by atoms with Crippen molar-refractivity contribution < 1.29 is 9.90 Å². The Hall–Kier alpha value is -0.280. The Kier molecular flexibility index (Phi) is 3.14. The van der Waals surface area contributed by atoms with Gasteiger partial charge in [0.1, 0.15) is 0 Å². The predicted octanol–water partition coefficient (Wildman–Crippen LogP) is 3.54. The third-order valence-corrected chi connectivity index (χ3v) is 8.23. The third kappa shape index (κ3) is 1.86. The van der Waals surface area contributed by atoms with E-state index in [9.17, 15) is 9.90 Å². The quantitative estimate of drug-likeness (QED) is 0.672. The van der Waals surface area contributed by atoms with Crippen LogP contribution in [0.25, 0.3) is 0 Å². The molecule has 3 fully saturated rings. The van der Waals surface area contributed by atoms with E-state index in [-0.39, 0.29) is 16.3 Å². The highest BCUT2D eigenvalue weighted by Gasteiger charge is 2.59. The molecule has 0 heterocycles. The zero-order valence-electron chi connectivity index (χ0n) is 12.8. The summed E-state index contributed by atoms with van der Waals surface area (Å²) in [6.45, 7) is 2.31. The zero-order chi connectivity index (χ0) is 14.8. The van der Waals surface area contributed by atoms with Crippen LogP contribution in [0.5, 0.6) is 0 Å². The van der Waals surface area contributed by atoms with Crippen molar-refractivity contribution in [2.24, 2.45) is 23.2 Å². The molecule has 0 saturated heterocycles. The fraction of sp³-hybridized carbons (Fsp3) is 0.833. The molecule has 0 aliphatic heterocycles. The smallest absolute Gasteiger partial charge is 0.155 e. The van der Waals surface area contributed by atoms with Gasteiger partial charge in [-0.2, -0.15) is 12.6 Å². The van der Waals surface area contributed by atoms with Crippen molar-refractivity contribution in [1.29, 1.82) is 0 Å². The molecule has 0 spiro atoms. The molecule has 0 aromatic rings. The van der Waals surface area contributed by atoms with E-state index in [4.69, 9.17) is 12.6 Å². The zero-order valence-corrected chi connectivity index (χ0v) is 13.7. The van der Waals surface area contributed by atoms with E-state index in [2.05, 4.69) is 6.92 Å². The van der Waals surface area contributed by atoms with Gasteiger partial charge in [0.05, 0.1) is 6.10 Å². The Morgan fingerprint density at radius 1 is 1.14 bits per heavy atom. The number of carbonyl (C=O) groups excluding carboxylic acids is 1. The summed E-state index contributed by atoms with van der Waals surface area (Å²) in [6.07, 6.45) is 10.1. The molecule has 2 nitrogen and oxygen atoms in total. The van der Waals surface area contributed by atoms with Crippen LogP contribution in [0, 0.1) is 23.2 Å². The summed E-state index contributed by atoms with van der Waals surface area (Å²) < 4.78 is -0.0360. The Labute approximate surface area is 132 Å². The maximum atomic E-state index is 11.8. The Balaban J connectivity index is 1.69. The first-order chi connectivity index (χ1) is 9.95. The summed E-state index contributed by atoms with van der Waals surface area (Å²) in [7, 11) is 0. The molecule has 0 aromatic carbocycles. The van der Waals surface area contributed by atoms with E-state index in [1.54, 1.807) is 0 Å². The van der Waals surface area contributed by atoms with Gasteiger partial charge in [0.15, 0.2) is 5.78 Å². The summed E-state index contributed by atoms with van der Waals surface area (Å²) >= 11 is 5.14. The maximum Gasteiger partial charge on any atom is 0.155 e. The van der Waals surface area contributed by atoms with E-state index >= 15 is 0 Å². The standard InChI is InChI=1S/C18H26O2S/c1-17-8-7-15-13(14(17)4-5-16(17)20)3-2-11-10-12(19)6-9-18(11,15)21/h10,13-16,20-21H,2-9H2,1H3/t13-,14-,15-,16?,17-,18?/m0/s1. The highest BCUT2D eigenvalue weighted by Crippen LogP contribution is 2.64. The summed E-state index contributed by atoms with van der Waals surface area (Å²) in [5, 5.41) is 10.4. The second kappa shape index (κ2) is 4.61. The van der Waals surface area contributed by atoms with E-state index in [0.29, 0.717) is 30.0 Å². The second-order valence-electron chi connectivity index (χ2n) is 8.11. The summed E-state index contributed by atoms with van der Waals surface area (Å²) in [5.41, 5.74) is 1.45. The molecule has 21 heavy (non-hydrogen) atoms. The van der Waals surface area contributed by atoms with Gasteiger partial charge in [-0.25, -0.2) is 0 Å². The molecule has 4 aliphatic rings. The van der Waals surface area contributed by atoms with Gasteiger partial charge >= 0.3 is 0 Å². The van der Waals surface area contributed by atoms with Crippen LogP contribution in [0.4, 0.5) is 0 Å². The van der Waals surface area contributed by atoms with Crippen LogP contribution in [-0.2, 0) is 4.79 Å². The molecular formula is C18H26O2S. The van der Waals surface area contributed by atoms with Gasteiger partial charge in [0.25, 0.3) is 0 Å². The second-order valence-corrected chi connectivity index (χ2v) is 8.91. The average molecular weight is 306 g/mol. The normalized spacial score (nSPS) is 52.7. The van der Waals surface area contributed by atoms with E-state index in [0.717, 1.165) is 25.7 Å². The van der Waals surface area contributed by atoms with Crippen molar-refractivity contribution >= 4 is 18.4 Å². The molecule has 4 rings (SSSR count). The highest BCUT2D eigenvalue weighted by atomic mass is 32.1. The summed E-state index contributed by atoms with van der Waals surface area (Å²) in [5.74, 6) is 2.26. The van der Waals surface area contributed by atoms with Crippen LogP contribution in [0.3, 0.4) is 0 Å². The van der Waals surface area contributed by atoms with Crippen LogP contribution in [0.1, 0.15) is 58.3 Å². The van der Waals surface area contributed by atoms with Crippen molar-refractivity contribution in [3.05, 3.63) is 11.6 Å². The first kappa shape index (κ1) is 14.3. The summed E-state index contributed by atoms with van der Waals surface area (Å²) in [4.78, 5) is 11.8. The van der Waals surface area contributed by atoms with Crippen LogP contribution in [-0.4, -0.2) is 21.7 Å². The topological polar surface area (TPSA) is 37.3 Å². The molecule has 3 saturated carbocycles. The predicted molar refractivity (Wildman–Crippen MR) is 86.3 cm³/mol. The van der Waals surface area contributed by atoms with Gasteiger partial charge in [-0.15, -0.1) is 0 Å². The first-order valence-electron chi connectivity index (χ1n) is 8.59. The number of thiol groups is 1. The lowest BCUT2D eigenvalue weighted by molar-refractivity contribution is -0.115. The SMILES string of the molecule is C[C@]12CC[C@H]3[C@@H](CCC4=CC(=O)CCC43S)[C@@H]1CCC2O. The molecule has 2 unspecified atom stereocenters. The van der Waals surface area contributed by atoms with Crippen molar-refractivity contribution in [2.45, 2.75) is 69.1 Å².